The van der Waals surface area contributed by atoms with Gasteiger partial charge in [0.1, 0.15) is 6.20 Å². The van der Waals surface area contributed by atoms with Gasteiger partial charge in [-0.05, 0) is 0 Å². The molecule has 0 amide bonds. The van der Waals surface area contributed by atoms with Crippen molar-refractivity contribution in [2.45, 2.75) is 0 Å². The zero-order valence-corrected chi connectivity index (χ0v) is 6.82. The Morgan fingerprint density at radius 3 is 2.77 bits per heavy atom. The Kier molecular flexibility index (Phi) is 2.16. The van der Waals surface area contributed by atoms with E-state index in [2.05, 4.69) is 14.4 Å². The highest BCUT2D eigenvalue weighted by atomic mass is 32.2. The summed E-state index contributed by atoms with van der Waals surface area (Å²) in [7, 11) is -4.28. The van der Waals surface area contributed by atoms with Crippen molar-refractivity contribution in [2.75, 3.05) is 0 Å². The Morgan fingerprint density at radius 2 is 2.31 bits per heavy atom. The second-order valence-corrected chi connectivity index (χ2v) is 3.07. The molecule has 1 aromatic rings. The normalized spacial score (nSPS) is 11.2. The number of nitro groups is 1. The van der Waals surface area contributed by atoms with Gasteiger partial charge in [0.25, 0.3) is 0 Å². The number of aromatic amines is 1. The maximum atomic E-state index is 10.4. The van der Waals surface area contributed by atoms with Crippen molar-refractivity contribution in [3.05, 3.63) is 16.3 Å². The fourth-order valence-corrected chi connectivity index (χ4v) is 0.930. The van der Waals surface area contributed by atoms with Crippen LogP contribution in [0.15, 0.2) is 6.20 Å². The third kappa shape index (κ3) is 2.38. The molecule has 0 radical (unpaired) electrons. The van der Waals surface area contributed by atoms with Crippen molar-refractivity contribution in [2.24, 2.45) is 5.14 Å². The quantitative estimate of drug-likeness (QED) is 0.477. The van der Waals surface area contributed by atoms with E-state index in [4.69, 9.17) is 0 Å². The molecule has 1 heterocycles. The second kappa shape index (κ2) is 2.99. The van der Waals surface area contributed by atoms with Crippen LogP contribution in [0.1, 0.15) is 0 Å². The summed E-state index contributed by atoms with van der Waals surface area (Å²) in [6, 6.07) is 0. The number of nitrogens with two attached hydrogens (primary N) is 1. The molecule has 13 heavy (non-hydrogen) atoms. The van der Waals surface area contributed by atoms with E-state index in [9.17, 15) is 18.5 Å². The van der Waals surface area contributed by atoms with Gasteiger partial charge in [0, 0.05) is 0 Å². The number of nitrogens with one attached hydrogen (secondary N) is 1. The van der Waals surface area contributed by atoms with Gasteiger partial charge in [-0.1, -0.05) is 0 Å². The number of hydrogen-bond acceptors (Lipinski definition) is 6. The van der Waals surface area contributed by atoms with Crippen LogP contribution in [0.4, 0.5) is 5.69 Å². The monoisotopic (exact) mass is 208 g/mol. The molecule has 9 nitrogen and oxygen atoms in total. The van der Waals surface area contributed by atoms with E-state index in [1.807, 2.05) is 5.10 Å². The van der Waals surface area contributed by atoms with Crippen LogP contribution in [0.2, 0.25) is 0 Å². The van der Waals surface area contributed by atoms with Gasteiger partial charge in [0.2, 0.25) is 0 Å². The van der Waals surface area contributed by atoms with Crippen LogP contribution in [0.3, 0.4) is 0 Å². The molecule has 72 valence electrons. The molecular formula is C3H4N4O5S. The highest BCUT2D eigenvalue weighted by Crippen LogP contribution is 2.22. The first-order valence-electron chi connectivity index (χ1n) is 2.80. The van der Waals surface area contributed by atoms with Crippen molar-refractivity contribution in [1.29, 1.82) is 0 Å². The van der Waals surface area contributed by atoms with E-state index >= 15 is 0 Å². The van der Waals surface area contributed by atoms with Crippen LogP contribution in [-0.4, -0.2) is 23.5 Å². The zero-order chi connectivity index (χ0) is 10.1. The van der Waals surface area contributed by atoms with E-state index in [0.29, 0.717) is 0 Å². The molecule has 0 spiro atoms. The van der Waals surface area contributed by atoms with Gasteiger partial charge in [-0.25, -0.2) is 5.10 Å². The topological polar surface area (TPSA) is 141 Å². The number of nitrogens with zero attached hydrogens (tertiary/aromatic N) is 2. The fourth-order valence-electron chi connectivity index (χ4n) is 0.575. The Labute approximate surface area is 71.9 Å². The molecule has 1 rings (SSSR count). The standard InChI is InChI=1S/C3H4N4O5S/c4-13(10,11)12-3-2(7(8)9)1-5-6-3/h1H,(H,5,6)(H2,4,10,11). The first-order chi connectivity index (χ1) is 5.90. The molecule has 0 aliphatic rings. The van der Waals surface area contributed by atoms with E-state index in [0.717, 1.165) is 6.20 Å². The maximum absolute atomic E-state index is 10.4. The predicted molar refractivity (Wildman–Crippen MR) is 39.0 cm³/mol. The summed E-state index contributed by atoms with van der Waals surface area (Å²) in [4.78, 5) is 9.34. The van der Waals surface area contributed by atoms with Gasteiger partial charge in [-0.2, -0.15) is 18.7 Å². The molecule has 10 heteroatoms. The van der Waals surface area contributed by atoms with Crippen LogP contribution in [0.5, 0.6) is 5.88 Å². The smallest absolute Gasteiger partial charge is 0.343 e. The Balaban J connectivity index is 3.02. The van der Waals surface area contributed by atoms with Gasteiger partial charge in [-0.3, -0.25) is 10.1 Å². The minimum Gasteiger partial charge on any atom is -0.343 e. The zero-order valence-electron chi connectivity index (χ0n) is 6.00. The molecule has 0 unspecified atom stereocenters. The van der Waals surface area contributed by atoms with Crippen LogP contribution in [0, 0.1) is 10.1 Å². The highest BCUT2D eigenvalue weighted by Gasteiger charge is 2.21. The lowest BCUT2D eigenvalue weighted by atomic mass is 10.6. The lowest BCUT2D eigenvalue weighted by molar-refractivity contribution is -0.385. The highest BCUT2D eigenvalue weighted by molar-refractivity contribution is 7.84. The van der Waals surface area contributed by atoms with Crippen molar-refractivity contribution in [1.82, 2.24) is 10.2 Å². The van der Waals surface area contributed by atoms with Crippen LogP contribution in [0.25, 0.3) is 0 Å². The first-order valence-corrected chi connectivity index (χ1v) is 4.27. The molecule has 0 atom stereocenters. The van der Waals surface area contributed by atoms with Gasteiger partial charge in [0.05, 0.1) is 4.92 Å². The molecule has 1 aromatic heterocycles. The summed E-state index contributed by atoms with van der Waals surface area (Å²) in [6.07, 6.45) is 0.806. The number of hydrogen-bond donors (Lipinski definition) is 2. The van der Waals surface area contributed by atoms with Crippen LogP contribution < -0.4 is 9.32 Å². The number of H-pyrrole nitrogens is 1. The molecule has 0 aliphatic carbocycles. The summed E-state index contributed by atoms with van der Waals surface area (Å²) in [5, 5.41) is 19.9. The summed E-state index contributed by atoms with van der Waals surface area (Å²) >= 11 is 0. The Hall–Kier alpha value is -1.68. The largest absolute Gasteiger partial charge is 0.381 e. The molecular weight excluding hydrogens is 204 g/mol. The fraction of sp³-hybridized carbons (Fsp3) is 0. The average Bonchev–Trinajstić information content (AvgIpc) is 2.31. The SMILES string of the molecule is NS(=O)(=O)Oc1[nH]ncc1[N+](=O)[O-]. The van der Waals surface area contributed by atoms with Gasteiger partial charge in [0.15, 0.2) is 0 Å². The first kappa shape index (κ1) is 9.41. The third-order valence-electron chi connectivity index (χ3n) is 0.982. The predicted octanol–water partition coefficient (Wildman–Crippen LogP) is -1.10. The lowest BCUT2D eigenvalue weighted by Gasteiger charge is -1.96. The van der Waals surface area contributed by atoms with Gasteiger partial charge >= 0.3 is 21.9 Å². The molecule has 0 bridgehead atoms. The van der Waals surface area contributed by atoms with Crippen LogP contribution in [-0.2, 0) is 10.3 Å². The van der Waals surface area contributed by atoms with Gasteiger partial charge in [-0.15, -0.1) is 0 Å². The summed E-state index contributed by atoms with van der Waals surface area (Å²) in [6.45, 7) is 0. The van der Waals surface area contributed by atoms with Crippen molar-refractivity contribution >= 4 is 16.0 Å². The molecule has 0 saturated heterocycles. The molecule has 0 fully saturated rings. The summed E-state index contributed by atoms with van der Waals surface area (Å²) in [5.41, 5.74) is -0.603. The van der Waals surface area contributed by atoms with Crippen LogP contribution >= 0.6 is 0 Å². The number of aromatic nitrogens is 2. The van der Waals surface area contributed by atoms with Gasteiger partial charge < -0.3 is 4.18 Å². The summed E-state index contributed by atoms with van der Waals surface area (Å²) in [5.74, 6) is -0.618. The minimum atomic E-state index is -4.28. The Bertz CT molecular complexity index is 421. The minimum absolute atomic E-state index is 0.603. The lowest BCUT2D eigenvalue weighted by Crippen LogP contribution is -2.19. The Morgan fingerprint density at radius 1 is 1.69 bits per heavy atom. The van der Waals surface area contributed by atoms with Crippen molar-refractivity contribution < 1.29 is 17.5 Å². The molecule has 0 aliphatic heterocycles. The van der Waals surface area contributed by atoms with E-state index in [1.165, 1.54) is 0 Å². The molecule has 0 saturated carbocycles. The third-order valence-corrected chi connectivity index (χ3v) is 1.38. The average molecular weight is 208 g/mol. The van der Waals surface area contributed by atoms with E-state index in [1.54, 1.807) is 0 Å². The molecule has 3 N–H and O–H groups in total. The van der Waals surface area contributed by atoms with E-state index < -0.39 is 26.8 Å². The maximum Gasteiger partial charge on any atom is 0.381 e. The molecule has 0 aromatic carbocycles. The van der Waals surface area contributed by atoms with Crippen molar-refractivity contribution in [3.63, 3.8) is 0 Å². The van der Waals surface area contributed by atoms with Crippen molar-refractivity contribution in [3.8, 4) is 5.88 Å². The summed E-state index contributed by atoms with van der Waals surface area (Å²) < 4.78 is 24.7. The van der Waals surface area contributed by atoms with E-state index in [-0.39, 0.29) is 0 Å². The second-order valence-electron chi connectivity index (χ2n) is 1.92. The number of rotatable bonds is 3.